The number of halogens is 2. The van der Waals surface area contributed by atoms with Crippen LogP contribution in [0, 0.1) is 0 Å². The molecule has 0 bridgehead atoms. The number of aromatic nitrogens is 1. The number of aryl methyl sites for hydroxylation is 1. The molecule has 8 heteroatoms. The van der Waals surface area contributed by atoms with Gasteiger partial charge in [0, 0.05) is 12.1 Å². The van der Waals surface area contributed by atoms with Gasteiger partial charge in [-0.15, -0.1) is 0 Å². The molecule has 1 aromatic carbocycles. The molecule has 1 aromatic heterocycles. The van der Waals surface area contributed by atoms with Gasteiger partial charge in [0.15, 0.2) is 0 Å². The second-order valence-corrected chi connectivity index (χ2v) is 6.20. The first-order valence-corrected chi connectivity index (χ1v) is 8.59. The molecule has 0 saturated carbocycles. The Kier molecular flexibility index (Phi) is 7.62. The predicted molar refractivity (Wildman–Crippen MR) is 98.2 cm³/mol. The fourth-order valence-corrected chi connectivity index (χ4v) is 2.70. The fraction of sp³-hybridized carbons (Fsp3) is 0.333. The summed E-state index contributed by atoms with van der Waals surface area (Å²) in [6.07, 6.45) is 2.07. The number of aliphatic hydroxyl groups is 1. The molecule has 0 radical (unpaired) electrons. The van der Waals surface area contributed by atoms with E-state index in [1.54, 1.807) is 19.1 Å². The number of anilines is 1. The molecule has 3 N–H and O–H groups in total. The maximum atomic E-state index is 11.7. The summed E-state index contributed by atoms with van der Waals surface area (Å²) in [5, 5.41) is 12.1. The summed E-state index contributed by atoms with van der Waals surface area (Å²) in [6.45, 7) is 2.44. The van der Waals surface area contributed by atoms with Crippen molar-refractivity contribution in [2.45, 2.75) is 32.3 Å². The van der Waals surface area contributed by atoms with Crippen molar-refractivity contribution in [3.05, 3.63) is 52.7 Å². The standard InChI is InChI=1S/C9H9ClO.C9H12FN3O2/c10-8-5-1-3-7-4-2-6-11-9(7)8;1-6(14)5-7-3-2-4-8(11-7)12-9(15)13-10/h1,3,5H,2,4,6H2;2-4,6,14H,5H2,1H3,(H2,11,12,13,15). The number of rotatable bonds is 3. The number of para-hydroxylation sites is 1. The van der Waals surface area contributed by atoms with Gasteiger partial charge in [0.25, 0.3) is 0 Å². The molecule has 6 nitrogen and oxygen atoms in total. The van der Waals surface area contributed by atoms with E-state index in [9.17, 15) is 9.28 Å². The monoisotopic (exact) mass is 381 g/mol. The zero-order chi connectivity index (χ0) is 18.9. The number of pyridine rings is 1. The smallest absolute Gasteiger partial charge is 0.348 e. The van der Waals surface area contributed by atoms with Gasteiger partial charge in [-0.05, 0) is 43.5 Å². The summed E-state index contributed by atoms with van der Waals surface area (Å²) in [5.41, 5.74) is 2.80. The van der Waals surface area contributed by atoms with Gasteiger partial charge in [0.2, 0.25) is 0 Å². The first-order chi connectivity index (χ1) is 12.5. The quantitative estimate of drug-likeness (QED) is 0.708. The number of nitrogens with one attached hydrogen (secondary N) is 2. The number of ether oxygens (including phenoxy) is 1. The number of urea groups is 1. The number of carbonyl (C=O) groups is 1. The maximum absolute atomic E-state index is 11.7. The predicted octanol–water partition coefficient (Wildman–Crippen LogP) is 3.68. The average Bonchev–Trinajstić information content (AvgIpc) is 2.62. The molecule has 140 valence electrons. The highest BCUT2D eigenvalue weighted by Gasteiger charge is 2.12. The number of nitrogens with zero attached hydrogens (tertiary/aromatic N) is 1. The minimum absolute atomic E-state index is 0.239. The molecule has 2 heterocycles. The van der Waals surface area contributed by atoms with Crippen molar-refractivity contribution in [3.63, 3.8) is 0 Å². The second-order valence-electron chi connectivity index (χ2n) is 5.80. The first-order valence-electron chi connectivity index (χ1n) is 8.21. The summed E-state index contributed by atoms with van der Waals surface area (Å²) < 4.78 is 17.1. The Hall–Kier alpha value is -2.38. The van der Waals surface area contributed by atoms with Crippen LogP contribution in [0.4, 0.5) is 15.1 Å². The molecule has 0 fully saturated rings. The largest absolute Gasteiger partial charge is 0.492 e. The highest BCUT2D eigenvalue weighted by atomic mass is 35.5. The van der Waals surface area contributed by atoms with Crippen LogP contribution >= 0.6 is 11.6 Å². The lowest BCUT2D eigenvalue weighted by molar-refractivity contribution is 0.194. The highest BCUT2D eigenvalue weighted by Crippen LogP contribution is 2.31. The van der Waals surface area contributed by atoms with Crippen LogP contribution < -0.4 is 15.6 Å². The Bertz CT molecular complexity index is 743. The zero-order valence-electron chi connectivity index (χ0n) is 14.3. The van der Waals surface area contributed by atoms with Crippen LogP contribution in [0.1, 0.15) is 24.6 Å². The Morgan fingerprint density at radius 3 is 2.85 bits per heavy atom. The molecule has 1 aliphatic heterocycles. The van der Waals surface area contributed by atoms with Gasteiger partial charge < -0.3 is 9.84 Å². The number of fused-ring (bicyclic) bond motifs is 1. The van der Waals surface area contributed by atoms with Gasteiger partial charge >= 0.3 is 6.03 Å². The molecule has 0 aliphatic carbocycles. The minimum atomic E-state index is -0.975. The van der Waals surface area contributed by atoms with Crippen molar-refractivity contribution in [2.24, 2.45) is 0 Å². The minimum Gasteiger partial charge on any atom is -0.492 e. The molecule has 26 heavy (non-hydrogen) atoms. The summed E-state index contributed by atoms with van der Waals surface area (Å²) in [4.78, 5) is 14.6. The van der Waals surface area contributed by atoms with Crippen molar-refractivity contribution in [1.82, 2.24) is 10.5 Å². The number of benzene rings is 1. The van der Waals surface area contributed by atoms with Crippen molar-refractivity contribution in [1.29, 1.82) is 0 Å². The molecule has 1 atom stereocenters. The van der Waals surface area contributed by atoms with E-state index in [1.165, 1.54) is 11.6 Å². The molecule has 2 aromatic rings. The topological polar surface area (TPSA) is 83.5 Å². The summed E-state index contributed by atoms with van der Waals surface area (Å²) in [6, 6.07) is 9.84. The third-order valence-corrected chi connectivity index (χ3v) is 3.82. The van der Waals surface area contributed by atoms with Crippen LogP contribution in [0.2, 0.25) is 5.02 Å². The van der Waals surface area contributed by atoms with Gasteiger partial charge in [-0.25, -0.2) is 9.78 Å². The van der Waals surface area contributed by atoms with Crippen LogP contribution in [0.25, 0.3) is 0 Å². The van der Waals surface area contributed by atoms with Crippen LogP contribution in [0.3, 0.4) is 0 Å². The summed E-state index contributed by atoms with van der Waals surface area (Å²) in [7, 11) is 0. The van der Waals surface area contributed by atoms with Crippen LogP contribution in [0.5, 0.6) is 5.75 Å². The van der Waals surface area contributed by atoms with E-state index in [0.717, 1.165) is 35.8 Å². The van der Waals surface area contributed by atoms with Gasteiger partial charge in [0.05, 0.1) is 17.7 Å². The molecule has 0 spiro atoms. The van der Waals surface area contributed by atoms with Crippen LogP contribution in [-0.4, -0.2) is 28.8 Å². The Labute approximate surface area is 156 Å². The van der Waals surface area contributed by atoms with Gasteiger partial charge in [0.1, 0.15) is 11.6 Å². The molecule has 1 aliphatic rings. The number of aliphatic hydroxyl groups excluding tert-OH is 1. The normalized spacial score (nSPS) is 13.4. The number of hydrogen-bond acceptors (Lipinski definition) is 4. The molecular weight excluding hydrogens is 361 g/mol. The van der Waals surface area contributed by atoms with Gasteiger partial charge in [-0.3, -0.25) is 5.32 Å². The summed E-state index contributed by atoms with van der Waals surface area (Å²) in [5.74, 6) is 1.13. The van der Waals surface area contributed by atoms with Crippen molar-refractivity contribution >= 4 is 23.4 Å². The third-order valence-electron chi connectivity index (χ3n) is 3.52. The van der Waals surface area contributed by atoms with Crippen LogP contribution in [0.15, 0.2) is 36.4 Å². The Balaban J connectivity index is 0.000000195. The lowest BCUT2D eigenvalue weighted by atomic mass is 10.1. The third kappa shape index (κ3) is 6.16. The first kappa shape index (κ1) is 19.9. The Morgan fingerprint density at radius 2 is 2.15 bits per heavy atom. The molecule has 2 amide bonds. The highest BCUT2D eigenvalue weighted by molar-refractivity contribution is 6.32. The second kappa shape index (κ2) is 9.94. The average molecular weight is 382 g/mol. The zero-order valence-corrected chi connectivity index (χ0v) is 15.1. The number of hydrogen-bond donors (Lipinski definition) is 3. The van der Waals surface area contributed by atoms with E-state index < -0.39 is 12.1 Å². The Morgan fingerprint density at radius 1 is 1.38 bits per heavy atom. The SMILES string of the molecule is CC(O)Cc1cccc(NC(=O)NF)n1.Clc1cccc2c1OCCC2. The van der Waals surface area contributed by atoms with Crippen molar-refractivity contribution in [3.8, 4) is 5.75 Å². The molecule has 3 rings (SSSR count). The van der Waals surface area contributed by atoms with E-state index in [-0.39, 0.29) is 5.82 Å². The van der Waals surface area contributed by atoms with E-state index in [0.29, 0.717) is 12.1 Å². The number of carbonyl (C=O) groups excluding carboxylic acids is 1. The maximum Gasteiger partial charge on any atom is 0.348 e. The van der Waals surface area contributed by atoms with Crippen LogP contribution in [-0.2, 0) is 12.8 Å². The lowest BCUT2D eigenvalue weighted by Crippen LogP contribution is -2.22. The molecule has 0 saturated heterocycles. The van der Waals surface area contributed by atoms with E-state index in [2.05, 4.69) is 16.4 Å². The van der Waals surface area contributed by atoms with E-state index >= 15 is 0 Å². The van der Waals surface area contributed by atoms with Gasteiger partial charge in [-0.1, -0.05) is 34.3 Å². The summed E-state index contributed by atoms with van der Waals surface area (Å²) >= 11 is 5.92. The van der Waals surface area contributed by atoms with Gasteiger partial charge in [-0.2, -0.15) is 5.54 Å². The fourth-order valence-electron chi connectivity index (χ4n) is 2.45. The van der Waals surface area contributed by atoms with E-state index in [1.807, 2.05) is 12.1 Å². The number of amides is 2. The van der Waals surface area contributed by atoms with Crippen molar-refractivity contribution < 1.29 is 19.1 Å². The molecular formula is C18H21ClFN3O3. The van der Waals surface area contributed by atoms with Crippen molar-refractivity contribution in [2.75, 3.05) is 11.9 Å². The lowest BCUT2D eigenvalue weighted by Gasteiger charge is -2.17. The van der Waals surface area contributed by atoms with E-state index in [4.69, 9.17) is 21.4 Å². The molecule has 1 unspecified atom stereocenters.